The van der Waals surface area contributed by atoms with E-state index in [1.54, 1.807) is 7.11 Å². The second kappa shape index (κ2) is 4.49. The molecule has 2 aromatic carbocycles. The smallest absolute Gasteiger partial charge is 0.126 e. The summed E-state index contributed by atoms with van der Waals surface area (Å²) in [6, 6.07) is 12.9. The van der Waals surface area contributed by atoms with E-state index in [1.165, 1.54) is 35.6 Å². The lowest BCUT2D eigenvalue weighted by Crippen LogP contribution is -2.16. The molecule has 2 aliphatic rings. The van der Waals surface area contributed by atoms with Gasteiger partial charge in [-0.2, -0.15) is 0 Å². The third kappa shape index (κ3) is 1.68. The zero-order valence-corrected chi connectivity index (χ0v) is 11.9. The van der Waals surface area contributed by atoms with Crippen molar-refractivity contribution in [1.82, 2.24) is 0 Å². The monoisotopic (exact) mass is 267 g/mol. The molecular formula is C18H21NO. The van der Waals surface area contributed by atoms with Crippen LogP contribution in [0, 0.1) is 17.8 Å². The number of hydrogen-bond donors (Lipinski definition) is 1. The number of ether oxygens (including phenoxy) is 1. The summed E-state index contributed by atoms with van der Waals surface area (Å²) in [5, 5.41) is 2.43. The first-order valence-corrected chi connectivity index (χ1v) is 7.62. The average molecular weight is 267 g/mol. The van der Waals surface area contributed by atoms with Crippen molar-refractivity contribution in [3.8, 4) is 5.75 Å². The van der Waals surface area contributed by atoms with Crippen LogP contribution in [-0.4, -0.2) is 7.11 Å². The minimum atomic E-state index is 0.182. The van der Waals surface area contributed by atoms with Crippen LogP contribution in [0.3, 0.4) is 0 Å². The lowest BCUT2D eigenvalue weighted by Gasteiger charge is -2.18. The van der Waals surface area contributed by atoms with Gasteiger partial charge in [-0.3, -0.25) is 0 Å². The maximum absolute atomic E-state index is 6.61. The molecule has 2 aliphatic carbocycles. The number of rotatable bonds is 3. The Hall–Kier alpha value is -1.54. The highest BCUT2D eigenvalue weighted by Gasteiger charge is 2.55. The lowest BCUT2D eigenvalue weighted by molar-refractivity contribution is 0.419. The molecule has 104 valence electrons. The van der Waals surface area contributed by atoms with E-state index in [0.29, 0.717) is 5.92 Å². The van der Waals surface area contributed by atoms with Gasteiger partial charge in [0, 0.05) is 11.4 Å². The van der Waals surface area contributed by atoms with Crippen LogP contribution in [0.2, 0.25) is 0 Å². The zero-order chi connectivity index (χ0) is 13.7. The van der Waals surface area contributed by atoms with Gasteiger partial charge in [0.2, 0.25) is 0 Å². The quantitative estimate of drug-likeness (QED) is 0.915. The number of fused-ring (bicyclic) bond motifs is 2. The molecule has 20 heavy (non-hydrogen) atoms. The first kappa shape index (κ1) is 12.2. The van der Waals surface area contributed by atoms with Crippen LogP contribution < -0.4 is 10.5 Å². The van der Waals surface area contributed by atoms with Gasteiger partial charge in [-0.1, -0.05) is 36.8 Å². The first-order chi connectivity index (χ1) is 9.81. The van der Waals surface area contributed by atoms with E-state index in [9.17, 15) is 0 Å². The summed E-state index contributed by atoms with van der Waals surface area (Å²) in [6.45, 7) is 0. The fourth-order valence-corrected chi connectivity index (χ4v) is 4.38. The van der Waals surface area contributed by atoms with E-state index in [2.05, 4.69) is 36.4 Å². The maximum atomic E-state index is 6.61. The fourth-order valence-electron chi connectivity index (χ4n) is 4.38. The highest BCUT2D eigenvalue weighted by molar-refractivity contribution is 5.91. The molecule has 2 N–H and O–H groups in total. The number of nitrogens with two attached hydrogens (primary N) is 1. The van der Waals surface area contributed by atoms with Crippen LogP contribution in [0.5, 0.6) is 5.75 Å². The molecule has 0 aliphatic heterocycles. The zero-order valence-electron chi connectivity index (χ0n) is 11.9. The minimum Gasteiger partial charge on any atom is -0.496 e. The van der Waals surface area contributed by atoms with Crippen molar-refractivity contribution in [2.45, 2.75) is 25.3 Å². The summed E-state index contributed by atoms with van der Waals surface area (Å²) >= 11 is 0. The summed E-state index contributed by atoms with van der Waals surface area (Å²) in [4.78, 5) is 0. The molecule has 2 fully saturated rings. The molecule has 0 spiro atoms. The second-order valence-electron chi connectivity index (χ2n) is 6.26. The first-order valence-electron chi connectivity index (χ1n) is 7.62. The summed E-state index contributed by atoms with van der Waals surface area (Å²) in [5.74, 6) is 3.44. The Morgan fingerprint density at radius 2 is 1.75 bits per heavy atom. The SMILES string of the molecule is COc1ccc(C(N)C2C3CCCC32)c2ccccc12. The molecule has 3 unspecified atom stereocenters. The normalized spacial score (nSPS) is 29.2. The van der Waals surface area contributed by atoms with E-state index in [1.807, 2.05) is 0 Å². The number of hydrogen-bond acceptors (Lipinski definition) is 2. The van der Waals surface area contributed by atoms with Crippen LogP contribution in [0.1, 0.15) is 30.9 Å². The predicted molar refractivity (Wildman–Crippen MR) is 81.7 cm³/mol. The molecule has 0 radical (unpaired) electrons. The van der Waals surface area contributed by atoms with Gasteiger partial charge >= 0.3 is 0 Å². The van der Waals surface area contributed by atoms with E-state index >= 15 is 0 Å². The molecule has 3 atom stereocenters. The Kier molecular flexibility index (Phi) is 2.74. The van der Waals surface area contributed by atoms with E-state index in [4.69, 9.17) is 10.5 Å². The fraction of sp³-hybridized carbons (Fsp3) is 0.444. The number of methoxy groups -OCH3 is 1. The Morgan fingerprint density at radius 1 is 1.05 bits per heavy atom. The highest BCUT2D eigenvalue weighted by atomic mass is 16.5. The molecular weight excluding hydrogens is 246 g/mol. The minimum absolute atomic E-state index is 0.182. The second-order valence-corrected chi connectivity index (χ2v) is 6.26. The van der Waals surface area contributed by atoms with E-state index in [-0.39, 0.29) is 6.04 Å². The van der Waals surface area contributed by atoms with Crippen LogP contribution in [0.25, 0.3) is 10.8 Å². The Labute approximate surface area is 119 Å². The molecule has 0 saturated heterocycles. The van der Waals surface area contributed by atoms with Crippen molar-refractivity contribution in [1.29, 1.82) is 0 Å². The molecule has 2 heteroatoms. The molecule has 0 heterocycles. The van der Waals surface area contributed by atoms with Crippen molar-refractivity contribution < 1.29 is 4.74 Å². The van der Waals surface area contributed by atoms with Gasteiger partial charge in [0.05, 0.1) is 7.11 Å². The van der Waals surface area contributed by atoms with Gasteiger partial charge in [-0.05, 0) is 47.6 Å². The third-order valence-corrected chi connectivity index (χ3v) is 5.38. The van der Waals surface area contributed by atoms with E-state index in [0.717, 1.165) is 17.6 Å². The van der Waals surface area contributed by atoms with Gasteiger partial charge in [-0.25, -0.2) is 0 Å². The van der Waals surface area contributed by atoms with Crippen LogP contribution in [-0.2, 0) is 0 Å². The highest BCUT2D eigenvalue weighted by Crippen LogP contribution is 2.62. The number of benzene rings is 2. The van der Waals surface area contributed by atoms with Gasteiger partial charge in [-0.15, -0.1) is 0 Å². The van der Waals surface area contributed by atoms with Crippen molar-refractivity contribution >= 4 is 10.8 Å². The Bertz CT molecular complexity index is 641. The molecule has 4 rings (SSSR count). The summed E-state index contributed by atoms with van der Waals surface area (Å²) < 4.78 is 5.47. The topological polar surface area (TPSA) is 35.2 Å². The van der Waals surface area contributed by atoms with Gasteiger partial charge < -0.3 is 10.5 Å². The van der Waals surface area contributed by atoms with Gasteiger partial charge in [0.15, 0.2) is 0 Å². The molecule has 2 saturated carbocycles. The maximum Gasteiger partial charge on any atom is 0.126 e. The van der Waals surface area contributed by atoms with Crippen molar-refractivity contribution in [3.05, 3.63) is 42.0 Å². The Balaban J connectivity index is 1.76. The Morgan fingerprint density at radius 3 is 2.45 bits per heavy atom. The molecule has 0 bridgehead atoms. The van der Waals surface area contributed by atoms with Crippen LogP contribution >= 0.6 is 0 Å². The summed E-state index contributed by atoms with van der Waals surface area (Å²) in [6.07, 6.45) is 4.18. The molecule has 0 amide bonds. The van der Waals surface area contributed by atoms with E-state index < -0.39 is 0 Å². The standard InChI is InChI=1S/C18H21NO/c1-20-16-10-9-15(11-5-2-3-6-12(11)16)18(19)17-13-7-4-8-14(13)17/h2-3,5-6,9-10,13-14,17-18H,4,7-8,19H2,1H3. The summed E-state index contributed by atoms with van der Waals surface area (Å²) in [5.41, 5.74) is 7.90. The third-order valence-electron chi connectivity index (χ3n) is 5.38. The molecule has 0 aromatic heterocycles. The van der Waals surface area contributed by atoms with Crippen molar-refractivity contribution in [2.24, 2.45) is 23.5 Å². The largest absolute Gasteiger partial charge is 0.496 e. The molecule has 2 nitrogen and oxygen atoms in total. The summed E-state index contributed by atoms with van der Waals surface area (Å²) in [7, 11) is 1.73. The van der Waals surface area contributed by atoms with Crippen LogP contribution in [0.4, 0.5) is 0 Å². The van der Waals surface area contributed by atoms with Crippen molar-refractivity contribution in [3.63, 3.8) is 0 Å². The van der Waals surface area contributed by atoms with Crippen molar-refractivity contribution in [2.75, 3.05) is 7.11 Å². The predicted octanol–water partition coefficient (Wildman–Crippen LogP) is 3.89. The molecule has 2 aromatic rings. The average Bonchev–Trinajstić information content (AvgIpc) is 2.97. The lowest BCUT2D eigenvalue weighted by atomic mass is 9.93. The van der Waals surface area contributed by atoms with Gasteiger partial charge in [0.1, 0.15) is 5.75 Å². The van der Waals surface area contributed by atoms with Crippen LogP contribution in [0.15, 0.2) is 36.4 Å². The van der Waals surface area contributed by atoms with Gasteiger partial charge in [0.25, 0.3) is 0 Å².